The molecule has 112 valence electrons. The second kappa shape index (κ2) is 5.89. The highest BCUT2D eigenvalue weighted by molar-refractivity contribution is 5.75. The Hall–Kier alpha value is -2.82. The molecular formula is C17H15FN2O2. The number of halogens is 1. The lowest BCUT2D eigenvalue weighted by Crippen LogP contribution is -1.93. The van der Waals surface area contributed by atoms with Crippen LogP contribution in [0.5, 0.6) is 11.5 Å². The standard InChI is InChI=1S/C17H15FN2O2/c1-21-14-4-3-5-15(22-2)16(14)13-10-19-17(20-13)11-6-8-12(18)9-7-11/h3-10H,1-2H3,(H,19,20). The first-order valence-corrected chi connectivity index (χ1v) is 6.75. The van der Waals surface area contributed by atoms with E-state index in [0.29, 0.717) is 17.3 Å². The van der Waals surface area contributed by atoms with Crippen molar-refractivity contribution in [3.8, 4) is 34.1 Å². The molecule has 1 aromatic heterocycles. The van der Waals surface area contributed by atoms with E-state index in [4.69, 9.17) is 9.47 Å². The lowest BCUT2D eigenvalue weighted by molar-refractivity contribution is 0.397. The smallest absolute Gasteiger partial charge is 0.137 e. The molecule has 4 nitrogen and oxygen atoms in total. The summed E-state index contributed by atoms with van der Waals surface area (Å²) in [5.74, 6) is 1.76. The van der Waals surface area contributed by atoms with Gasteiger partial charge in [0, 0.05) is 5.56 Å². The van der Waals surface area contributed by atoms with Gasteiger partial charge in [0.05, 0.1) is 31.7 Å². The second-order valence-corrected chi connectivity index (χ2v) is 4.69. The number of imidazole rings is 1. The van der Waals surface area contributed by atoms with Crippen molar-refractivity contribution in [2.45, 2.75) is 0 Å². The fourth-order valence-electron chi connectivity index (χ4n) is 2.32. The number of hydrogen-bond donors (Lipinski definition) is 1. The van der Waals surface area contributed by atoms with Crippen LogP contribution < -0.4 is 9.47 Å². The monoisotopic (exact) mass is 298 g/mol. The lowest BCUT2D eigenvalue weighted by Gasteiger charge is -2.11. The highest BCUT2D eigenvalue weighted by atomic mass is 19.1. The van der Waals surface area contributed by atoms with Crippen molar-refractivity contribution in [3.05, 3.63) is 54.5 Å². The molecule has 3 rings (SSSR count). The summed E-state index contributed by atoms with van der Waals surface area (Å²) in [6, 6.07) is 11.7. The topological polar surface area (TPSA) is 47.1 Å². The minimum absolute atomic E-state index is 0.276. The lowest BCUT2D eigenvalue weighted by atomic mass is 10.1. The average molecular weight is 298 g/mol. The van der Waals surface area contributed by atoms with Crippen molar-refractivity contribution in [1.29, 1.82) is 0 Å². The molecule has 0 saturated heterocycles. The number of nitrogens with zero attached hydrogens (tertiary/aromatic N) is 1. The summed E-state index contributed by atoms with van der Waals surface area (Å²) >= 11 is 0. The SMILES string of the molecule is COc1cccc(OC)c1-c1cnc(-c2ccc(F)cc2)[nH]1. The maximum absolute atomic E-state index is 13.0. The number of rotatable bonds is 4. The zero-order valence-electron chi connectivity index (χ0n) is 12.3. The average Bonchev–Trinajstić information content (AvgIpc) is 3.04. The van der Waals surface area contributed by atoms with E-state index in [1.165, 1.54) is 12.1 Å². The highest BCUT2D eigenvalue weighted by Gasteiger charge is 2.15. The van der Waals surface area contributed by atoms with Gasteiger partial charge in [-0.3, -0.25) is 0 Å². The molecule has 5 heteroatoms. The molecule has 0 spiro atoms. The molecule has 0 saturated carbocycles. The number of benzene rings is 2. The van der Waals surface area contributed by atoms with Crippen LogP contribution in [0.4, 0.5) is 4.39 Å². The molecule has 2 aromatic carbocycles. The molecule has 22 heavy (non-hydrogen) atoms. The van der Waals surface area contributed by atoms with Crippen LogP contribution in [-0.4, -0.2) is 24.2 Å². The van der Waals surface area contributed by atoms with E-state index in [1.807, 2.05) is 18.2 Å². The molecule has 0 aliphatic heterocycles. The molecule has 0 aliphatic rings. The van der Waals surface area contributed by atoms with Crippen molar-refractivity contribution < 1.29 is 13.9 Å². The third-order valence-corrected chi connectivity index (χ3v) is 3.39. The van der Waals surface area contributed by atoms with Gasteiger partial charge in [0.25, 0.3) is 0 Å². The Balaban J connectivity index is 2.06. The minimum atomic E-state index is -0.276. The number of aromatic nitrogens is 2. The van der Waals surface area contributed by atoms with Crippen molar-refractivity contribution >= 4 is 0 Å². The predicted octanol–water partition coefficient (Wildman–Crippen LogP) is 3.90. The van der Waals surface area contributed by atoms with Crippen LogP contribution >= 0.6 is 0 Å². The van der Waals surface area contributed by atoms with Crippen LogP contribution in [0.25, 0.3) is 22.6 Å². The molecule has 1 N–H and O–H groups in total. The summed E-state index contributed by atoms with van der Waals surface area (Å²) in [6.45, 7) is 0. The summed E-state index contributed by atoms with van der Waals surface area (Å²) in [5, 5.41) is 0. The Kier molecular flexibility index (Phi) is 3.78. The zero-order valence-corrected chi connectivity index (χ0v) is 12.3. The maximum atomic E-state index is 13.0. The van der Waals surface area contributed by atoms with E-state index in [2.05, 4.69) is 9.97 Å². The summed E-state index contributed by atoms with van der Waals surface area (Å²) < 4.78 is 23.8. The Labute approximate surface area is 127 Å². The fourth-order valence-corrected chi connectivity index (χ4v) is 2.32. The number of methoxy groups -OCH3 is 2. The first-order chi connectivity index (χ1) is 10.7. The molecule has 3 aromatic rings. The number of hydrogen-bond acceptors (Lipinski definition) is 3. The van der Waals surface area contributed by atoms with Crippen LogP contribution in [-0.2, 0) is 0 Å². The van der Waals surface area contributed by atoms with E-state index < -0.39 is 0 Å². The van der Waals surface area contributed by atoms with E-state index >= 15 is 0 Å². The second-order valence-electron chi connectivity index (χ2n) is 4.69. The van der Waals surface area contributed by atoms with Gasteiger partial charge in [0.1, 0.15) is 23.1 Å². The highest BCUT2D eigenvalue weighted by Crippen LogP contribution is 2.37. The first kappa shape index (κ1) is 14.1. The molecule has 0 radical (unpaired) electrons. The number of aromatic amines is 1. The molecule has 1 heterocycles. The molecule has 0 amide bonds. The molecule has 0 unspecified atom stereocenters. The number of nitrogens with one attached hydrogen (secondary N) is 1. The van der Waals surface area contributed by atoms with Gasteiger partial charge in [-0.2, -0.15) is 0 Å². The van der Waals surface area contributed by atoms with Crippen molar-refractivity contribution in [2.24, 2.45) is 0 Å². The summed E-state index contributed by atoms with van der Waals surface area (Å²) in [4.78, 5) is 7.58. The molecule has 0 atom stereocenters. The summed E-state index contributed by atoms with van der Waals surface area (Å²) in [6.07, 6.45) is 1.71. The molecule has 0 bridgehead atoms. The van der Waals surface area contributed by atoms with Gasteiger partial charge in [-0.1, -0.05) is 6.07 Å². The van der Waals surface area contributed by atoms with Gasteiger partial charge in [0.2, 0.25) is 0 Å². The van der Waals surface area contributed by atoms with Crippen molar-refractivity contribution in [3.63, 3.8) is 0 Å². The minimum Gasteiger partial charge on any atom is -0.496 e. The van der Waals surface area contributed by atoms with Gasteiger partial charge in [-0.25, -0.2) is 9.37 Å². The van der Waals surface area contributed by atoms with Crippen LogP contribution in [0, 0.1) is 5.82 Å². The largest absolute Gasteiger partial charge is 0.496 e. The van der Waals surface area contributed by atoms with Crippen LogP contribution in [0.3, 0.4) is 0 Å². The van der Waals surface area contributed by atoms with E-state index in [0.717, 1.165) is 16.8 Å². The Morgan fingerprint density at radius 1 is 0.955 bits per heavy atom. The third kappa shape index (κ3) is 2.53. The quantitative estimate of drug-likeness (QED) is 0.794. The molecule has 0 aliphatic carbocycles. The molecule has 0 fully saturated rings. The van der Waals surface area contributed by atoms with E-state index in [1.54, 1.807) is 32.5 Å². The van der Waals surface area contributed by atoms with Crippen LogP contribution in [0.1, 0.15) is 0 Å². The zero-order chi connectivity index (χ0) is 15.5. The Morgan fingerprint density at radius 3 is 2.18 bits per heavy atom. The Morgan fingerprint density at radius 2 is 1.59 bits per heavy atom. The van der Waals surface area contributed by atoms with Gasteiger partial charge in [0.15, 0.2) is 0 Å². The molecular weight excluding hydrogens is 283 g/mol. The third-order valence-electron chi connectivity index (χ3n) is 3.39. The first-order valence-electron chi connectivity index (χ1n) is 6.75. The van der Waals surface area contributed by atoms with Crippen molar-refractivity contribution in [2.75, 3.05) is 14.2 Å². The van der Waals surface area contributed by atoms with Crippen molar-refractivity contribution in [1.82, 2.24) is 9.97 Å². The van der Waals surface area contributed by atoms with Gasteiger partial charge >= 0.3 is 0 Å². The Bertz CT molecular complexity index is 759. The van der Waals surface area contributed by atoms with E-state index in [-0.39, 0.29) is 5.82 Å². The van der Waals surface area contributed by atoms with Gasteiger partial charge in [-0.15, -0.1) is 0 Å². The maximum Gasteiger partial charge on any atom is 0.137 e. The summed E-state index contributed by atoms with van der Waals surface area (Å²) in [7, 11) is 3.21. The van der Waals surface area contributed by atoms with Crippen LogP contribution in [0.15, 0.2) is 48.7 Å². The van der Waals surface area contributed by atoms with Gasteiger partial charge in [-0.05, 0) is 36.4 Å². The number of H-pyrrole nitrogens is 1. The number of ether oxygens (including phenoxy) is 2. The van der Waals surface area contributed by atoms with Gasteiger partial charge < -0.3 is 14.5 Å². The fraction of sp³-hybridized carbons (Fsp3) is 0.118. The van der Waals surface area contributed by atoms with Crippen LogP contribution in [0.2, 0.25) is 0 Å². The summed E-state index contributed by atoms with van der Waals surface area (Å²) in [5.41, 5.74) is 2.38. The predicted molar refractivity (Wildman–Crippen MR) is 82.5 cm³/mol. The van der Waals surface area contributed by atoms with E-state index in [9.17, 15) is 4.39 Å². The normalized spacial score (nSPS) is 10.5.